The van der Waals surface area contributed by atoms with Crippen molar-refractivity contribution in [3.05, 3.63) is 47.5 Å². The van der Waals surface area contributed by atoms with Crippen molar-refractivity contribution in [2.45, 2.75) is 26.5 Å². The molecule has 0 radical (unpaired) electrons. The zero-order valence-electron chi connectivity index (χ0n) is 16.7. The van der Waals surface area contributed by atoms with Crippen molar-refractivity contribution in [1.29, 1.82) is 0 Å². The number of rotatable bonds is 12. The van der Waals surface area contributed by atoms with Crippen LogP contribution >= 0.6 is 31.6 Å². The Hall–Kier alpha value is -1.51. The highest BCUT2D eigenvalue weighted by Gasteiger charge is 2.30. The zero-order valence-corrected chi connectivity index (χ0v) is 19.2. The van der Waals surface area contributed by atoms with E-state index in [4.69, 9.17) is 30.7 Å². The van der Waals surface area contributed by atoms with Gasteiger partial charge in [-0.05, 0) is 38.5 Å². The fourth-order valence-electron chi connectivity index (χ4n) is 1.92. The Labute approximate surface area is 180 Å². The number of thioether (sulfide) groups is 1. The highest BCUT2D eigenvalue weighted by Crippen LogP contribution is 2.53. The predicted molar refractivity (Wildman–Crippen MR) is 117 cm³/mol. The summed E-state index contributed by atoms with van der Waals surface area (Å²) in [6.07, 6.45) is 0. The zero-order chi connectivity index (χ0) is 21.9. The first-order valence-electron chi connectivity index (χ1n) is 8.88. The van der Waals surface area contributed by atoms with E-state index >= 15 is 0 Å². The summed E-state index contributed by atoms with van der Waals surface area (Å²) in [6, 6.07) is 6.73. The monoisotopic (exact) mass is 460 g/mol. The summed E-state index contributed by atoms with van der Waals surface area (Å²) in [6.45, 7) is 8.83. The molecule has 0 unspecified atom stereocenters. The number of thiocarbonyl (C=S) groups is 1. The number of hydrogen-bond donors (Lipinski definition) is 0. The van der Waals surface area contributed by atoms with Gasteiger partial charge in [0.05, 0.1) is 18.8 Å². The summed E-state index contributed by atoms with van der Waals surface area (Å²) in [7, 11) is -3.42. The Balaban J connectivity index is 2.51. The second-order valence-corrected chi connectivity index (χ2v) is 9.85. The van der Waals surface area contributed by atoms with Crippen LogP contribution in [0.5, 0.6) is 0 Å². The minimum Gasteiger partial charge on any atom is -0.459 e. The molecular formula is C19H25O7PS2. The van der Waals surface area contributed by atoms with E-state index in [1.807, 2.05) is 0 Å². The van der Waals surface area contributed by atoms with Gasteiger partial charge in [-0.2, -0.15) is 0 Å². The van der Waals surface area contributed by atoms with Crippen LogP contribution < -0.4 is 0 Å². The highest BCUT2D eigenvalue weighted by molar-refractivity contribution is 8.35. The standard InChI is InChI=1S/C19H25O7PS2/c1-5-25-27(22,26-6-2)19(28)29-13-15-7-9-16(10-8-15)18(21)24-12-11-23-17(20)14(3)4/h7-10H,3,5-6,11-13H2,1-2,4H3. The van der Waals surface area contributed by atoms with E-state index in [0.717, 1.165) is 5.56 Å². The van der Waals surface area contributed by atoms with Crippen LogP contribution in [0.1, 0.15) is 36.7 Å². The summed E-state index contributed by atoms with van der Waals surface area (Å²) >= 11 is 6.41. The number of esters is 2. The first kappa shape index (κ1) is 25.5. The lowest BCUT2D eigenvalue weighted by Gasteiger charge is -2.17. The number of carbonyl (C=O) groups excluding carboxylic acids is 2. The summed E-state index contributed by atoms with van der Waals surface area (Å²) in [5.74, 6) is -0.600. The maximum Gasteiger partial charge on any atom is 0.378 e. The molecule has 0 spiro atoms. The van der Waals surface area contributed by atoms with E-state index in [1.165, 1.54) is 18.7 Å². The molecule has 1 aromatic carbocycles. The van der Waals surface area contributed by atoms with E-state index in [-0.39, 0.29) is 35.9 Å². The van der Waals surface area contributed by atoms with Crippen molar-refractivity contribution < 1.29 is 32.7 Å². The first-order valence-corrected chi connectivity index (χ1v) is 11.8. The SMILES string of the molecule is C=C(C)C(=O)OCCOC(=O)c1ccc(CSC(=S)P(=O)(OCC)OCC)cc1. The third kappa shape index (κ3) is 8.80. The largest absolute Gasteiger partial charge is 0.459 e. The third-order valence-corrected chi connectivity index (χ3v) is 7.72. The fourth-order valence-corrected chi connectivity index (χ4v) is 5.00. The molecule has 7 nitrogen and oxygen atoms in total. The number of ether oxygens (including phenoxy) is 2. The molecule has 0 saturated carbocycles. The molecule has 29 heavy (non-hydrogen) atoms. The summed E-state index contributed by atoms with van der Waals surface area (Å²) < 4.78 is 33.1. The minimum atomic E-state index is -3.42. The maximum absolute atomic E-state index is 12.6. The van der Waals surface area contributed by atoms with Crippen molar-refractivity contribution in [1.82, 2.24) is 0 Å². The Bertz CT molecular complexity index is 767. The lowest BCUT2D eigenvalue weighted by molar-refractivity contribution is -0.140. The van der Waals surface area contributed by atoms with Crippen molar-refractivity contribution in [3.63, 3.8) is 0 Å². The number of hydrogen-bond acceptors (Lipinski definition) is 9. The minimum absolute atomic E-state index is 0.0384. The highest BCUT2D eigenvalue weighted by atomic mass is 32.2. The average molecular weight is 461 g/mol. The molecule has 160 valence electrons. The first-order chi connectivity index (χ1) is 13.7. The molecule has 0 amide bonds. The van der Waals surface area contributed by atoms with Gasteiger partial charge in [-0.3, -0.25) is 4.57 Å². The van der Waals surface area contributed by atoms with E-state index in [9.17, 15) is 14.2 Å². The van der Waals surface area contributed by atoms with Crippen molar-refractivity contribution >= 4 is 47.5 Å². The molecule has 0 N–H and O–H groups in total. The third-order valence-electron chi connectivity index (χ3n) is 3.27. The second-order valence-electron chi connectivity index (χ2n) is 5.64. The van der Waals surface area contributed by atoms with Crippen LogP contribution in [-0.2, 0) is 33.6 Å². The molecule has 0 atom stereocenters. The van der Waals surface area contributed by atoms with Crippen molar-refractivity contribution in [3.8, 4) is 0 Å². The molecule has 0 heterocycles. The van der Waals surface area contributed by atoms with Crippen molar-refractivity contribution in [2.75, 3.05) is 26.4 Å². The molecule has 1 rings (SSSR count). The Morgan fingerprint density at radius 2 is 1.62 bits per heavy atom. The molecule has 0 aliphatic carbocycles. The van der Waals surface area contributed by atoms with Crippen LogP contribution in [0.2, 0.25) is 0 Å². The van der Waals surface area contributed by atoms with Crippen LogP contribution in [0.25, 0.3) is 0 Å². The molecule has 0 aliphatic rings. The van der Waals surface area contributed by atoms with Gasteiger partial charge in [-0.1, -0.05) is 30.9 Å². The fraction of sp³-hybridized carbons (Fsp3) is 0.421. The van der Waals surface area contributed by atoms with Crippen LogP contribution in [0.4, 0.5) is 0 Å². The molecule has 0 bridgehead atoms. The van der Waals surface area contributed by atoms with E-state index in [1.54, 1.807) is 38.1 Å². The van der Waals surface area contributed by atoms with Crippen LogP contribution in [0.15, 0.2) is 36.4 Å². The Morgan fingerprint density at radius 3 is 2.14 bits per heavy atom. The Kier molecular flexibility index (Phi) is 11.4. The van der Waals surface area contributed by atoms with Crippen LogP contribution in [0.3, 0.4) is 0 Å². The van der Waals surface area contributed by atoms with E-state index in [2.05, 4.69) is 6.58 Å². The maximum atomic E-state index is 12.6. The molecule has 0 saturated heterocycles. The molecule has 10 heteroatoms. The number of benzene rings is 1. The lowest BCUT2D eigenvalue weighted by atomic mass is 10.1. The smallest absolute Gasteiger partial charge is 0.378 e. The van der Waals surface area contributed by atoms with Gasteiger partial charge in [0.15, 0.2) is 3.94 Å². The van der Waals surface area contributed by atoms with Gasteiger partial charge in [0, 0.05) is 11.3 Å². The van der Waals surface area contributed by atoms with Crippen LogP contribution in [-0.4, -0.2) is 42.3 Å². The van der Waals surface area contributed by atoms with Gasteiger partial charge in [0.2, 0.25) is 0 Å². The van der Waals surface area contributed by atoms with Gasteiger partial charge in [-0.25, -0.2) is 9.59 Å². The molecule has 0 fully saturated rings. The van der Waals surface area contributed by atoms with E-state index < -0.39 is 19.5 Å². The summed E-state index contributed by atoms with van der Waals surface area (Å²) in [5, 5.41) is 0. The van der Waals surface area contributed by atoms with Crippen LogP contribution in [0, 0.1) is 0 Å². The van der Waals surface area contributed by atoms with Gasteiger partial charge < -0.3 is 18.5 Å². The van der Waals surface area contributed by atoms with Gasteiger partial charge in [-0.15, -0.1) is 11.8 Å². The molecule has 0 aliphatic heterocycles. The number of carbonyl (C=O) groups is 2. The van der Waals surface area contributed by atoms with Gasteiger partial charge in [0.25, 0.3) is 0 Å². The second kappa shape index (κ2) is 12.9. The average Bonchev–Trinajstić information content (AvgIpc) is 2.69. The van der Waals surface area contributed by atoms with Gasteiger partial charge in [0.1, 0.15) is 13.2 Å². The summed E-state index contributed by atoms with van der Waals surface area (Å²) in [4.78, 5) is 23.2. The van der Waals surface area contributed by atoms with E-state index in [0.29, 0.717) is 11.3 Å². The topological polar surface area (TPSA) is 88.1 Å². The van der Waals surface area contributed by atoms with Gasteiger partial charge >= 0.3 is 19.5 Å². The lowest BCUT2D eigenvalue weighted by Crippen LogP contribution is -2.14. The normalized spacial score (nSPS) is 11.0. The molecule has 1 aromatic rings. The summed E-state index contributed by atoms with van der Waals surface area (Å²) in [5.41, 5.74) is 1.52. The quantitative estimate of drug-likeness (QED) is 0.144. The molecular weight excluding hydrogens is 435 g/mol. The molecule has 0 aromatic heterocycles. The predicted octanol–water partition coefficient (Wildman–Crippen LogP) is 4.75. The Morgan fingerprint density at radius 1 is 1.07 bits per heavy atom. The van der Waals surface area contributed by atoms with Crippen molar-refractivity contribution in [2.24, 2.45) is 0 Å².